The number of halogens is 3. The maximum atomic E-state index is 16.7. The molecule has 4 atom stereocenters. The van der Waals surface area contributed by atoms with Crippen LogP contribution in [0.5, 0.6) is 6.01 Å². The molecule has 3 aromatic carbocycles. The van der Waals surface area contributed by atoms with E-state index >= 15 is 8.78 Å². The molecule has 4 unspecified atom stereocenters. The van der Waals surface area contributed by atoms with Crippen LogP contribution in [0, 0.1) is 17.5 Å². The van der Waals surface area contributed by atoms with Gasteiger partial charge in [-0.25, -0.2) is 13.2 Å². The molecule has 2 bridgehead atoms. The number of hydrogen-bond acceptors (Lipinski definition) is 7. The Morgan fingerprint density at radius 3 is 2.44 bits per heavy atom. The Morgan fingerprint density at radius 2 is 1.71 bits per heavy atom. The third-order valence-corrected chi connectivity index (χ3v) is 9.42. The van der Waals surface area contributed by atoms with Crippen LogP contribution in [0.2, 0.25) is 0 Å². The minimum Gasteiger partial charge on any atom is -0.463 e. The van der Waals surface area contributed by atoms with Gasteiger partial charge in [-0.3, -0.25) is 4.90 Å². The normalized spacial score (nSPS) is 23.7. The molecule has 3 saturated heterocycles. The number of nitrogens with zero attached hydrogens (tertiary/aromatic N) is 4. The van der Waals surface area contributed by atoms with Crippen molar-refractivity contribution in [3.8, 4) is 17.1 Å². The van der Waals surface area contributed by atoms with Gasteiger partial charge in [0.1, 0.15) is 23.0 Å². The van der Waals surface area contributed by atoms with Gasteiger partial charge in [-0.1, -0.05) is 31.2 Å². The number of aryl methyl sites for hydroxylation is 1. The Hall–Kier alpha value is -3.47. The first kappa shape index (κ1) is 30.2. The van der Waals surface area contributed by atoms with Gasteiger partial charge in [-0.2, -0.15) is 9.97 Å². The van der Waals surface area contributed by atoms with Crippen LogP contribution in [-0.2, 0) is 11.2 Å². The molecule has 45 heavy (non-hydrogen) atoms. The van der Waals surface area contributed by atoms with E-state index in [1.807, 2.05) is 13.0 Å². The lowest BCUT2D eigenvalue weighted by atomic mass is 9.92. The molecular weight excluding hydrogens is 579 g/mol. The fourth-order valence-electron chi connectivity index (χ4n) is 7.58. The highest BCUT2D eigenvalue weighted by atomic mass is 19.1. The first-order valence-electron chi connectivity index (χ1n) is 16.2. The van der Waals surface area contributed by atoms with Gasteiger partial charge in [0.05, 0.1) is 24.4 Å². The van der Waals surface area contributed by atoms with Crippen LogP contribution < -0.4 is 15.0 Å². The Balaban J connectivity index is 1.28. The number of ether oxygens (including phenoxy) is 2. The van der Waals surface area contributed by atoms with E-state index in [0.29, 0.717) is 65.9 Å². The van der Waals surface area contributed by atoms with Gasteiger partial charge < -0.3 is 19.7 Å². The van der Waals surface area contributed by atoms with Crippen molar-refractivity contribution in [3.63, 3.8) is 0 Å². The second-order valence-electron chi connectivity index (χ2n) is 12.8. The second-order valence-corrected chi connectivity index (χ2v) is 12.8. The average Bonchev–Trinajstić information content (AvgIpc) is 3.35. The Kier molecular flexibility index (Phi) is 8.31. The summed E-state index contributed by atoms with van der Waals surface area (Å²) in [5.41, 5.74) is 0.506. The van der Waals surface area contributed by atoms with Gasteiger partial charge in [0.15, 0.2) is 5.82 Å². The number of hydrogen-bond donors (Lipinski definition) is 1. The predicted molar refractivity (Wildman–Crippen MR) is 170 cm³/mol. The summed E-state index contributed by atoms with van der Waals surface area (Å²) in [7, 11) is 0. The molecule has 4 heterocycles. The molecule has 3 fully saturated rings. The van der Waals surface area contributed by atoms with Crippen LogP contribution in [0.25, 0.3) is 32.8 Å². The molecule has 1 N–H and O–H groups in total. The first-order chi connectivity index (χ1) is 21.8. The van der Waals surface area contributed by atoms with Gasteiger partial charge in [0.2, 0.25) is 0 Å². The lowest BCUT2D eigenvalue weighted by molar-refractivity contribution is -0.0686. The van der Waals surface area contributed by atoms with Crippen LogP contribution >= 0.6 is 0 Å². The van der Waals surface area contributed by atoms with E-state index in [0.717, 1.165) is 44.3 Å². The zero-order chi connectivity index (χ0) is 31.2. The van der Waals surface area contributed by atoms with Crippen molar-refractivity contribution in [2.75, 3.05) is 44.2 Å². The van der Waals surface area contributed by atoms with E-state index in [-0.39, 0.29) is 29.3 Å². The van der Waals surface area contributed by atoms with Crippen molar-refractivity contribution in [1.82, 2.24) is 20.2 Å². The number of fused-ring (bicyclic) bond motifs is 4. The maximum Gasteiger partial charge on any atom is 0.319 e. The molecule has 0 radical (unpaired) electrons. The number of piperazine rings is 1. The van der Waals surface area contributed by atoms with Crippen molar-refractivity contribution in [2.45, 2.75) is 70.7 Å². The van der Waals surface area contributed by atoms with Gasteiger partial charge in [0.25, 0.3) is 0 Å². The Morgan fingerprint density at radius 1 is 0.956 bits per heavy atom. The van der Waals surface area contributed by atoms with E-state index in [4.69, 9.17) is 14.5 Å². The van der Waals surface area contributed by atoms with E-state index in [2.05, 4.69) is 33.9 Å². The zero-order valence-electron chi connectivity index (χ0n) is 26.1. The second kappa shape index (κ2) is 12.4. The molecule has 4 aromatic rings. The SMILES string of the molecule is CCc1c(F)ccc2cccc(-c3c(F)cc4c(N5CC6CCC(C5)N6)nc(OCCCN5CC(C)OC(C)C5)nc4c3F)c12. The van der Waals surface area contributed by atoms with Crippen LogP contribution in [0.15, 0.2) is 36.4 Å². The summed E-state index contributed by atoms with van der Waals surface area (Å²) in [6, 6.07) is 10.3. The third kappa shape index (κ3) is 5.84. The highest BCUT2D eigenvalue weighted by molar-refractivity contribution is 6.02. The summed E-state index contributed by atoms with van der Waals surface area (Å²) >= 11 is 0. The quantitative estimate of drug-likeness (QED) is 0.234. The molecule has 7 nitrogen and oxygen atoms in total. The third-order valence-electron chi connectivity index (χ3n) is 9.42. The fraction of sp³-hybridized carbons (Fsp3) is 0.486. The molecule has 0 aliphatic carbocycles. The van der Waals surface area contributed by atoms with Gasteiger partial charge in [-0.05, 0) is 73.6 Å². The molecule has 10 heteroatoms. The largest absolute Gasteiger partial charge is 0.463 e. The Labute approximate surface area is 261 Å². The Bertz CT molecular complexity index is 1710. The van der Waals surface area contributed by atoms with E-state index in [1.54, 1.807) is 18.2 Å². The highest BCUT2D eigenvalue weighted by Crippen LogP contribution is 2.40. The molecule has 0 saturated carbocycles. The van der Waals surface area contributed by atoms with E-state index in [1.165, 1.54) is 12.1 Å². The lowest BCUT2D eigenvalue weighted by Gasteiger charge is -2.35. The summed E-state index contributed by atoms with van der Waals surface area (Å²) in [6.45, 7) is 10.3. The van der Waals surface area contributed by atoms with Crippen LogP contribution in [0.1, 0.15) is 45.6 Å². The van der Waals surface area contributed by atoms with Crippen molar-refractivity contribution < 1.29 is 22.6 Å². The first-order valence-corrected chi connectivity index (χ1v) is 16.2. The van der Waals surface area contributed by atoms with E-state index in [9.17, 15) is 4.39 Å². The number of benzene rings is 3. The van der Waals surface area contributed by atoms with Crippen molar-refractivity contribution in [2.24, 2.45) is 0 Å². The lowest BCUT2D eigenvalue weighted by Crippen LogP contribution is -2.51. The van der Waals surface area contributed by atoms with Crippen LogP contribution in [-0.4, -0.2) is 78.5 Å². The summed E-state index contributed by atoms with van der Waals surface area (Å²) < 4.78 is 59.7. The maximum absolute atomic E-state index is 16.7. The topological polar surface area (TPSA) is 62.8 Å². The summed E-state index contributed by atoms with van der Waals surface area (Å²) in [5, 5.41) is 5.14. The molecule has 3 aliphatic heterocycles. The number of aromatic nitrogens is 2. The molecule has 3 aliphatic rings. The molecule has 0 spiro atoms. The van der Waals surface area contributed by atoms with Crippen molar-refractivity contribution in [3.05, 3.63) is 59.4 Å². The van der Waals surface area contributed by atoms with Gasteiger partial charge in [0, 0.05) is 50.2 Å². The standard InChI is InChI=1S/C35H40F3N5O2/c1-4-25-28(36)12-9-22-7-5-8-26(30(22)25)31-29(37)15-27-33(32(31)38)40-35(41-34(27)43-18-23-10-11-24(19-43)39-23)44-14-6-13-42-16-20(2)45-21(3)17-42/h5,7-9,12,15,20-21,23-24,39H,4,6,10-11,13-14,16-19H2,1-3H3. The molecular formula is C35H40F3N5O2. The smallest absolute Gasteiger partial charge is 0.319 e. The number of morpholine rings is 1. The summed E-state index contributed by atoms with van der Waals surface area (Å²) in [5.74, 6) is -1.45. The number of rotatable bonds is 8. The van der Waals surface area contributed by atoms with Crippen molar-refractivity contribution >= 4 is 27.5 Å². The predicted octanol–water partition coefficient (Wildman–Crippen LogP) is 6.25. The van der Waals surface area contributed by atoms with Crippen LogP contribution in [0.4, 0.5) is 19.0 Å². The van der Waals surface area contributed by atoms with Gasteiger partial charge >= 0.3 is 6.01 Å². The van der Waals surface area contributed by atoms with Crippen molar-refractivity contribution in [1.29, 1.82) is 0 Å². The zero-order valence-corrected chi connectivity index (χ0v) is 26.1. The molecule has 238 valence electrons. The molecule has 0 amide bonds. The molecule has 7 rings (SSSR count). The minimum absolute atomic E-state index is 0.000405. The monoisotopic (exact) mass is 619 g/mol. The number of nitrogens with one attached hydrogen (secondary N) is 1. The average molecular weight is 620 g/mol. The highest BCUT2D eigenvalue weighted by Gasteiger charge is 2.34. The summed E-state index contributed by atoms with van der Waals surface area (Å²) in [6.07, 6.45) is 3.59. The number of anilines is 1. The molecule has 1 aromatic heterocycles. The fourth-order valence-corrected chi connectivity index (χ4v) is 7.58. The summed E-state index contributed by atoms with van der Waals surface area (Å²) in [4.78, 5) is 13.7. The van der Waals surface area contributed by atoms with E-state index < -0.39 is 17.5 Å². The minimum atomic E-state index is -0.799. The van der Waals surface area contributed by atoms with Crippen LogP contribution in [0.3, 0.4) is 0 Å². The van der Waals surface area contributed by atoms with Gasteiger partial charge in [-0.15, -0.1) is 0 Å².